The fourth-order valence-electron chi connectivity index (χ4n) is 7.02. The monoisotopic (exact) mass is 489 g/mol. The number of rotatable bonds is 1. The second-order valence-electron chi connectivity index (χ2n) is 11.3. The first-order chi connectivity index (χ1) is 17.2. The third-order valence-corrected chi connectivity index (χ3v) is 8.85. The maximum atomic E-state index is 11.4. The Labute approximate surface area is 213 Å². The highest BCUT2D eigenvalue weighted by molar-refractivity contribution is 5.88. The molecule has 0 amide bonds. The Kier molecular flexibility index (Phi) is 6.58. The molecule has 1 heterocycles. The van der Waals surface area contributed by atoms with Crippen molar-refractivity contribution in [3.63, 3.8) is 0 Å². The van der Waals surface area contributed by atoms with Crippen molar-refractivity contribution in [3.05, 3.63) is 64.9 Å². The number of nitrogen functional groups attached to an aromatic ring is 1. The Hall–Kier alpha value is -2.51. The van der Waals surface area contributed by atoms with Crippen molar-refractivity contribution in [2.75, 3.05) is 19.8 Å². The van der Waals surface area contributed by atoms with Crippen molar-refractivity contribution in [1.82, 2.24) is 10.3 Å². The number of anilines is 1. The SMILES string of the molecule is CC12CC(O)C3=C(CC[C@@]4(O)CCC(O)CC4=C3)C1CC=C2c1ccc2cnc(N)cc2c1.CNC. The number of aliphatic hydroxyl groups is 3. The van der Waals surface area contributed by atoms with Gasteiger partial charge in [-0.2, -0.15) is 0 Å². The number of hydrogen-bond acceptors (Lipinski definition) is 6. The summed E-state index contributed by atoms with van der Waals surface area (Å²) >= 11 is 0. The minimum atomic E-state index is -0.853. The van der Waals surface area contributed by atoms with E-state index in [1.807, 2.05) is 32.4 Å². The normalized spacial score (nSPS) is 33.4. The van der Waals surface area contributed by atoms with Gasteiger partial charge in [-0.1, -0.05) is 36.8 Å². The maximum Gasteiger partial charge on any atom is 0.123 e. The highest BCUT2D eigenvalue weighted by Crippen LogP contribution is 2.60. The largest absolute Gasteiger partial charge is 0.393 e. The number of pyridine rings is 1. The molecule has 2 aromatic rings. The van der Waals surface area contributed by atoms with Crippen LogP contribution in [0.25, 0.3) is 16.3 Å². The summed E-state index contributed by atoms with van der Waals surface area (Å²) < 4.78 is 0. The molecule has 6 rings (SSSR count). The number of hydrogen-bond donors (Lipinski definition) is 5. The second-order valence-corrected chi connectivity index (χ2v) is 11.3. The molecule has 0 saturated heterocycles. The summed E-state index contributed by atoms with van der Waals surface area (Å²) in [5, 5.41) is 37.8. The van der Waals surface area contributed by atoms with Crippen molar-refractivity contribution in [2.45, 2.75) is 69.7 Å². The molecule has 1 aromatic carbocycles. The number of nitrogens with two attached hydrogens (primary N) is 1. The zero-order valence-corrected chi connectivity index (χ0v) is 21.6. The van der Waals surface area contributed by atoms with Gasteiger partial charge in [-0.25, -0.2) is 4.98 Å². The Balaban J connectivity index is 0.000000848. The first-order valence-electron chi connectivity index (χ1n) is 13.2. The van der Waals surface area contributed by atoms with Gasteiger partial charge in [-0.3, -0.25) is 0 Å². The van der Waals surface area contributed by atoms with Crippen LogP contribution in [0.4, 0.5) is 5.82 Å². The van der Waals surface area contributed by atoms with Crippen LogP contribution in [0.1, 0.15) is 57.4 Å². The van der Waals surface area contributed by atoms with E-state index in [2.05, 4.69) is 41.5 Å². The summed E-state index contributed by atoms with van der Waals surface area (Å²) in [6.07, 6.45) is 10.0. The van der Waals surface area contributed by atoms with Crippen molar-refractivity contribution in [2.24, 2.45) is 11.3 Å². The Morgan fingerprint density at radius 1 is 1.11 bits per heavy atom. The number of nitrogens with one attached hydrogen (secondary N) is 1. The van der Waals surface area contributed by atoms with E-state index >= 15 is 0 Å². The molecule has 0 aliphatic heterocycles. The van der Waals surface area contributed by atoms with Gasteiger partial charge in [-0.05, 0) is 105 Å². The topological polar surface area (TPSA) is 112 Å². The van der Waals surface area contributed by atoms with E-state index in [0.29, 0.717) is 43.8 Å². The Bertz CT molecular complexity index is 1270. The second kappa shape index (κ2) is 9.42. The van der Waals surface area contributed by atoms with E-state index in [1.165, 1.54) is 16.7 Å². The lowest BCUT2D eigenvalue weighted by atomic mass is 9.61. The van der Waals surface area contributed by atoms with Gasteiger partial charge < -0.3 is 26.4 Å². The number of allylic oxidation sites excluding steroid dienone is 3. The number of aliphatic hydroxyl groups excluding tert-OH is 2. The molecule has 6 heteroatoms. The predicted octanol–water partition coefficient (Wildman–Crippen LogP) is 4.12. The molecule has 1 saturated carbocycles. The Morgan fingerprint density at radius 3 is 2.67 bits per heavy atom. The average Bonchev–Trinajstić information content (AvgIpc) is 3.09. The van der Waals surface area contributed by atoms with Crippen LogP contribution in [0.5, 0.6) is 0 Å². The van der Waals surface area contributed by atoms with E-state index in [1.54, 1.807) is 0 Å². The van der Waals surface area contributed by atoms with Crippen LogP contribution in [0.3, 0.4) is 0 Å². The predicted molar refractivity (Wildman–Crippen MR) is 145 cm³/mol. The van der Waals surface area contributed by atoms with Gasteiger partial charge in [0.2, 0.25) is 0 Å². The summed E-state index contributed by atoms with van der Waals surface area (Å²) in [6, 6.07) is 8.36. The molecule has 0 bridgehead atoms. The van der Waals surface area contributed by atoms with Gasteiger partial charge in [0.1, 0.15) is 5.82 Å². The summed E-state index contributed by atoms with van der Waals surface area (Å²) in [6.45, 7) is 2.29. The summed E-state index contributed by atoms with van der Waals surface area (Å²) in [7, 11) is 3.75. The average molecular weight is 490 g/mol. The van der Waals surface area contributed by atoms with Crippen molar-refractivity contribution in [3.8, 4) is 0 Å². The van der Waals surface area contributed by atoms with Crippen LogP contribution in [0, 0.1) is 11.3 Å². The first-order valence-corrected chi connectivity index (χ1v) is 13.2. The van der Waals surface area contributed by atoms with E-state index in [0.717, 1.165) is 34.8 Å². The Morgan fingerprint density at radius 2 is 1.89 bits per heavy atom. The summed E-state index contributed by atoms with van der Waals surface area (Å²) in [5.74, 6) is 0.831. The maximum absolute atomic E-state index is 11.4. The van der Waals surface area contributed by atoms with Gasteiger partial charge in [-0.15, -0.1) is 0 Å². The van der Waals surface area contributed by atoms with Gasteiger partial charge in [0, 0.05) is 17.0 Å². The van der Waals surface area contributed by atoms with Crippen molar-refractivity contribution < 1.29 is 15.3 Å². The highest BCUT2D eigenvalue weighted by atomic mass is 16.3. The van der Waals surface area contributed by atoms with Crippen LogP contribution in [-0.4, -0.2) is 52.2 Å². The minimum Gasteiger partial charge on any atom is -0.393 e. The highest BCUT2D eigenvalue weighted by Gasteiger charge is 2.50. The van der Waals surface area contributed by atoms with Crippen LogP contribution in [0.2, 0.25) is 0 Å². The molecule has 1 aromatic heterocycles. The number of benzene rings is 1. The lowest BCUT2D eigenvalue weighted by Gasteiger charge is -2.43. The summed E-state index contributed by atoms with van der Waals surface area (Å²) in [4.78, 5) is 4.20. The fraction of sp³-hybridized carbons (Fsp3) is 0.500. The minimum absolute atomic E-state index is 0.166. The van der Waals surface area contributed by atoms with Gasteiger partial charge in [0.15, 0.2) is 0 Å². The molecule has 4 aliphatic carbocycles. The van der Waals surface area contributed by atoms with Gasteiger partial charge >= 0.3 is 0 Å². The third kappa shape index (κ3) is 4.20. The molecule has 6 N–H and O–H groups in total. The molecule has 36 heavy (non-hydrogen) atoms. The van der Waals surface area contributed by atoms with E-state index in [-0.39, 0.29) is 5.41 Å². The van der Waals surface area contributed by atoms with Crippen molar-refractivity contribution in [1.29, 1.82) is 0 Å². The molecule has 5 atom stereocenters. The first kappa shape index (κ1) is 25.2. The number of aromatic nitrogens is 1. The molecule has 0 spiro atoms. The molecular weight excluding hydrogens is 450 g/mol. The smallest absolute Gasteiger partial charge is 0.123 e. The number of fused-ring (bicyclic) bond motifs is 4. The van der Waals surface area contributed by atoms with Crippen LogP contribution in [-0.2, 0) is 0 Å². The van der Waals surface area contributed by atoms with Crippen molar-refractivity contribution >= 4 is 22.2 Å². The standard InChI is InChI=1S/C28H32N2O3.C2H7N/c1-27-14-25(32)22-13-19-12-20(31)6-8-28(19,33)9-7-21(22)24(27)5-4-23(27)16-2-3-17-15-30-26(29)11-18(17)10-16;1-3-2/h2-4,10-11,13,15,20,24-25,31-33H,5-9,12,14H2,1H3,(H2,29,30);3H,1-2H3/t20?,24?,25?,27?,28-;/m0./s1. The van der Waals surface area contributed by atoms with E-state index in [4.69, 9.17) is 5.73 Å². The van der Waals surface area contributed by atoms with Crippen LogP contribution in [0.15, 0.2) is 59.3 Å². The lowest BCUT2D eigenvalue weighted by molar-refractivity contribution is 0.00863. The molecule has 0 radical (unpaired) electrons. The molecule has 4 unspecified atom stereocenters. The van der Waals surface area contributed by atoms with E-state index in [9.17, 15) is 15.3 Å². The van der Waals surface area contributed by atoms with Crippen LogP contribution < -0.4 is 11.1 Å². The lowest BCUT2D eigenvalue weighted by Crippen LogP contribution is -2.38. The number of nitrogens with zero attached hydrogens (tertiary/aromatic N) is 1. The molecule has 1 fully saturated rings. The van der Waals surface area contributed by atoms with Crippen LogP contribution >= 0.6 is 0 Å². The molecular formula is C30H39N3O3. The zero-order chi connectivity index (χ0) is 25.7. The molecule has 4 aliphatic rings. The molecule has 192 valence electrons. The van der Waals surface area contributed by atoms with E-state index < -0.39 is 17.8 Å². The summed E-state index contributed by atoms with van der Waals surface area (Å²) in [5.41, 5.74) is 10.6. The van der Waals surface area contributed by atoms with Gasteiger partial charge in [0.25, 0.3) is 0 Å². The quantitative estimate of drug-likeness (QED) is 0.412. The molecule has 6 nitrogen and oxygen atoms in total. The fourth-order valence-corrected chi connectivity index (χ4v) is 7.02. The zero-order valence-electron chi connectivity index (χ0n) is 21.6. The van der Waals surface area contributed by atoms with Gasteiger partial charge in [0.05, 0.1) is 17.8 Å². The third-order valence-electron chi connectivity index (χ3n) is 8.85.